The quantitative estimate of drug-likeness (QED) is 0.854. The predicted octanol–water partition coefficient (Wildman–Crippen LogP) is 1.80. The third-order valence-electron chi connectivity index (χ3n) is 2.15. The van der Waals surface area contributed by atoms with Crippen LogP contribution in [-0.2, 0) is 0 Å². The molecule has 1 aromatic carbocycles. The van der Waals surface area contributed by atoms with Crippen LogP contribution in [0.1, 0.15) is 18.9 Å². The molecule has 2 aromatic rings. The number of hydrogen-bond donors (Lipinski definition) is 1. The van der Waals surface area contributed by atoms with Crippen molar-refractivity contribution in [1.82, 2.24) is 10.1 Å². The van der Waals surface area contributed by atoms with E-state index < -0.39 is 6.10 Å². The molecule has 0 amide bonds. The Morgan fingerprint density at radius 3 is 2.50 bits per heavy atom. The molecule has 5 heteroatoms. The highest BCUT2D eigenvalue weighted by Gasteiger charge is 2.12. The van der Waals surface area contributed by atoms with Gasteiger partial charge in [-0.05, 0) is 31.2 Å². The summed E-state index contributed by atoms with van der Waals surface area (Å²) < 4.78 is 9.94. The first-order valence-corrected chi connectivity index (χ1v) is 4.87. The average Bonchev–Trinajstić information content (AvgIpc) is 2.78. The van der Waals surface area contributed by atoms with Crippen LogP contribution in [0.3, 0.4) is 0 Å². The predicted molar refractivity (Wildman–Crippen MR) is 56.9 cm³/mol. The zero-order valence-corrected chi connectivity index (χ0v) is 9.04. The van der Waals surface area contributed by atoms with Crippen LogP contribution in [0.4, 0.5) is 0 Å². The Balaban J connectivity index is 2.28. The molecule has 0 spiro atoms. The minimum absolute atomic E-state index is 0.214. The third kappa shape index (κ3) is 2.04. The zero-order chi connectivity index (χ0) is 11.5. The van der Waals surface area contributed by atoms with Crippen LogP contribution < -0.4 is 4.74 Å². The molecule has 0 radical (unpaired) electrons. The fraction of sp³-hybridized carbons (Fsp3) is 0.273. The van der Waals surface area contributed by atoms with E-state index in [1.807, 2.05) is 24.3 Å². The largest absolute Gasteiger partial charge is 0.497 e. The van der Waals surface area contributed by atoms with Crippen molar-refractivity contribution >= 4 is 0 Å². The number of aliphatic hydroxyl groups is 1. The molecular formula is C11H12N2O3. The summed E-state index contributed by atoms with van der Waals surface area (Å²) in [4.78, 5) is 4.07. The van der Waals surface area contributed by atoms with Crippen LogP contribution in [0.15, 0.2) is 28.8 Å². The maximum Gasteiger partial charge on any atom is 0.255 e. The molecule has 0 bridgehead atoms. The average molecular weight is 220 g/mol. The highest BCUT2D eigenvalue weighted by atomic mass is 16.5. The van der Waals surface area contributed by atoms with Crippen LogP contribution >= 0.6 is 0 Å². The van der Waals surface area contributed by atoms with Gasteiger partial charge < -0.3 is 14.4 Å². The summed E-state index contributed by atoms with van der Waals surface area (Å²) in [5.74, 6) is 1.44. The molecule has 0 unspecified atom stereocenters. The van der Waals surface area contributed by atoms with E-state index in [-0.39, 0.29) is 5.89 Å². The van der Waals surface area contributed by atoms with E-state index in [1.165, 1.54) is 0 Å². The van der Waals surface area contributed by atoms with E-state index in [0.29, 0.717) is 5.82 Å². The Labute approximate surface area is 92.7 Å². The lowest BCUT2D eigenvalue weighted by Gasteiger charge is -1.99. The lowest BCUT2D eigenvalue weighted by Crippen LogP contribution is -1.90. The molecule has 0 fully saturated rings. The van der Waals surface area contributed by atoms with Gasteiger partial charge in [0.15, 0.2) is 0 Å². The summed E-state index contributed by atoms with van der Waals surface area (Å²) in [5, 5.41) is 13.0. The van der Waals surface area contributed by atoms with Gasteiger partial charge in [-0.15, -0.1) is 0 Å². The van der Waals surface area contributed by atoms with Crippen LogP contribution in [-0.4, -0.2) is 22.4 Å². The van der Waals surface area contributed by atoms with Gasteiger partial charge in [-0.3, -0.25) is 0 Å². The van der Waals surface area contributed by atoms with Crippen LogP contribution in [0.5, 0.6) is 5.75 Å². The smallest absolute Gasteiger partial charge is 0.255 e. The van der Waals surface area contributed by atoms with Crippen molar-refractivity contribution in [2.75, 3.05) is 7.11 Å². The summed E-state index contributed by atoms with van der Waals surface area (Å²) in [6.45, 7) is 1.57. The number of ether oxygens (including phenoxy) is 1. The van der Waals surface area contributed by atoms with Crippen molar-refractivity contribution in [3.8, 4) is 17.1 Å². The lowest BCUT2D eigenvalue weighted by atomic mass is 10.2. The molecule has 84 valence electrons. The van der Waals surface area contributed by atoms with Gasteiger partial charge in [-0.2, -0.15) is 4.98 Å². The number of nitrogens with zero attached hydrogens (tertiary/aromatic N) is 2. The van der Waals surface area contributed by atoms with Crippen LogP contribution in [0.25, 0.3) is 11.4 Å². The molecule has 0 aliphatic rings. The maximum absolute atomic E-state index is 9.25. The Hall–Kier alpha value is -1.88. The molecule has 16 heavy (non-hydrogen) atoms. The van der Waals surface area contributed by atoms with Gasteiger partial charge in [0.05, 0.1) is 7.11 Å². The normalized spacial score (nSPS) is 12.4. The molecule has 2 rings (SSSR count). The number of methoxy groups -OCH3 is 1. The van der Waals surface area contributed by atoms with Crippen molar-refractivity contribution in [1.29, 1.82) is 0 Å². The second-order valence-electron chi connectivity index (χ2n) is 3.36. The van der Waals surface area contributed by atoms with Gasteiger partial charge in [-0.1, -0.05) is 5.16 Å². The standard InChI is InChI=1S/C11H12N2O3/c1-7(14)11-12-10(13-16-11)8-3-5-9(15-2)6-4-8/h3-7,14H,1-2H3/t7-/m0/s1. The first-order valence-electron chi connectivity index (χ1n) is 4.87. The Kier molecular flexibility index (Phi) is 2.87. The molecule has 5 nitrogen and oxygen atoms in total. The van der Waals surface area contributed by atoms with Gasteiger partial charge in [-0.25, -0.2) is 0 Å². The zero-order valence-electron chi connectivity index (χ0n) is 9.04. The second kappa shape index (κ2) is 4.32. The number of aromatic nitrogens is 2. The minimum Gasteiger partial charge on any atom is -0.497 e. The monoisotopic (exact) mass is 220 g/mol. The van der Waals surface area contributed by atoms with Gasteiger partial charge in [0.1, 0.15) is 11.9 Å². The molecule has 0 saturated carbocycles. The van der Waals surface area contributed by atoms with E-state index in [1.54, 1.807) is 14.0 Å². The Bertz CT molecular complexity index is 462. The van der Waals surface area contributed by atoms with E-state index in [2.05, 4.69) is 10.1 Å². The molecule has 0 aliphatic heterocycles. The summed E-state index contributed by atoms with van der Waals surface area (Å²) in [5.41, 5.74) is 0.816. The highest BCUT2D eigenvalue weighted by Crippen LogP contribution is 2.21. The molecular weight excluding hydrogens is 208 g/mol. The first kappa shape index (κ1) is 10.6. The minimum atomic E-state index is -0.750. The summed E-state index contributed by atoms with van der Waals surface area (Å²) >= 11 is 0. The van der Waals surface area contributed by atoms with Crippen molar-refractivity contribution in [2.45, 2.75) is 13.0 Å². The van der Waals surface area contributed by atoms with Crippen LogP contribution in [0, 0.1) is 0 Å². The number of benzene rings is 1. The molecule has 1 N–H and O–H groups in total. The van der Waals surface area contributed by atoms with Gasteiger partial charge in [0, 0.05) is 5.56 Å². The van der Waals surface area contributed by atoms with Gasteiger partial charge >= 0.3 is 0 Å². The van der Waals surface area contributed by atoms with Crippen molar-refractivity contribution in [3.05, 3.63) is 30.2 Å². The van der Waals surface area contributed by atoms with Crippen molar-refractivity contribution in [3.63, 3.8) is 0 Å². The SMILES string of the molecule is COc1ccc(-c2noc([C@H](C)O)n2)cc1. The van der Waals surface area contributed by atoms with Crippen molar-refractivity contribution < 1.29 is 14.4 Å². The molecule has 1 heterocycles. The summed E-state index contributed by atoms with van der Waals surface area (Å²) in [6.07, 6.45) is -0.750. The molecule has 0 saturated heterocycles. The van der Waals surface area contributed by atoms with Crippen LogP contribution in [0.2, 0.25) is 0 Å². The fourth-order valence-electron chi connectivity index (χ4n) is 1.26. The van der Waals surface area contributed by atoms with Crippen molar-refractivity contribution in [2.24, 2.45) is 0 Å². The van der Waals surface area contributed by atoms with Gasteiger partial charge in [0.25, 0.3) is 5.89 Å². The molecule has 1 atom stereocenters. The molecule has 0 aliphatic carbocycles. The number of hydrogen-bond acceptors (Lipinski definition) is 5. The van der Waals surface area contributed by atoms with E-state index >= 15 is 0 Å². The fourth-order valence-corrected chi connectivity index (χ4v) is 1.26. The topological polar surface area (TPSA) is 68.4 Å². The number of aliphatic hydroxyl groups excluding tert-OH is 1. The van der Waals surface area contributed by atoms with Gasteiger partial charge in [0.2, 0.25) is 5.82 Å². The summed E-state index contributed by atoms with van der Waals surface area (Å²) in [6, 6.07) is 7.28. The van der Waals surface area contributed by atoms with E-state index in [0.717, 1.165) is 11.3 Å². The highest BCUT2D eigenvalue weighted by molar-refractivity contribution is 5.55. The molecule has 1 aromatic heterocycles. The lowest BCUT2D eigenvalue weighted by molar-refractivity contribution is 0.152. The summed E-state index contributed by atoms with van der Waals surface area (Å²) in [7, 11) is 1.61. The maximum atomic E-state index is 9.25. The Morgan fingerprint density at radius 1 is 1.31 bits per heavy atom. The Morgan fingerprint density at radius 2 is 2.00 bits per heavy atom. The first-order chi connectivity index (χ1) is 7.70. The van der Waals surface area contributed by atoms with E-state index in [9.17, 15) is 5.11 Å². The number of rotatable bonds is 3. The third-order valence-corrected chi connectivity index (χ3v) is 2.15. The second-order valence-corrected chi connectivity index (χ2v) is 3.36. The van der Waals surface area contributed by atoms with E-state index in [4.69, 9.17) is 9.26 Å².